The van der Waals surface area contributed by atoms with Crippen molar-refractivity contribution in [2.45, 2.75) is 38.3 Å². The molecule has 1 saturated heterocycles. The highest BCUT2D eigenvalue weighted by molar-refractivity contribution is 5.85. The van der Waals surface area contributed by atoms with Crippen molar-refractivity contribution in [2.24, 2.45) is 5.92 Å². The molecule has 3 unspecified atom stereocenters. The Balaban J connectivity index is 1.96. The topological polar surface area (TPSA) is 78.4 Å². The zero-order valence-corrected chi connectivity index (χ0v) is 12.2. The summed E-state index contributed by atoms with van der Waals surface area (Å²) in [5.74, 6) is -1.24. The van der Waals surface area contributed by atoms with Gasteiger partial charge in [-0.05, 0) is 31.9 Å². The fourth-order valence-electron chi connectivity index (χ4n) is 2.71. The van der Waals surface area contributed by atoms with Gasteiger partial charge in [0.25, 0.3) is 0 Å². The summed E-state index contributed by atoms with van der Waals surface area (Å²) in [5, 5.41) is 15.3. The number of hydrogen-bond donors (Lipinski definition) is 3. The molecule has 2 rings (SSSR count). The summed E-state index contributed by atoms with van der Waals surface area (Å²) in [7, 11) is 0. The van der Waals surface area contributed by atoms with Crippen LogP contribution in [-0.2, 0) is 16.0 Å². The van der Waals surface area contributed by atoms with Gasteiger partial charge in [0.2, 0.25) is 5.91 Å². The van der Waals surface area contributed by atoms with Crippen LogP contribution in [0.25, 0.3) is 0 Å². The number of carbonyl (C=O) groups excluding carboxylic acids is 1. The Hall–Kier alpha value is -1.88. The van der Waals surface area contributed by atoms with Gasteiger partial charge in [-0.2, -0.15) is 0 Å². The van der Waals surface area contributed by atoms with Crippen molar-refractivity contribution in [1.82, 2.24) is 10.6 Å². The van der Waals surface area contributed by atoms with Crippen LogP contribution in [0.2, 0.25) is 0 Å². The van der Waals surface area contributed by atoms with E-state index in [4.69, 9.17) is 0 Å². The Labute approximate surface area is 124 Å². The third kappa shape index (κ3) is 4.56. The van der Waals surface area contributed by atoms with Crippen molar-refractivity contribution in [3.05, 3.63) is 35.9 Å². The Morgan fingerprint density at radius 2 is 2.10 bits per heavy atom. The first kappa shape index (κ1) is 15.5. The van der Waals surface area contributed by atoms with Gasteiger partial charge in [0, 0.05) is 18.4 Å². The predicted octanol–water partition coefficient (Wildman–Crippen LogP) is 1.19. The second-order valence-electron chi connectivity index (χ2n) is 5.67. The molecule has 0 aliphatic carbocycles. The molecule has 0 aromatic heterocycles. The molecule has 0 spiro atoms. The van der Waals surface area contributed by atoms with E-state index in [1.807, 2.05) is 37.3 Å². The van der Waals surface area contributed by atoms with Crippen LogP contribution in [0.1, 0.15) is 25.3 Å². The van der Waals surface area contributed by atoms with E-state index in [0.29, 0.717) is 12.5 Å². The highest BCUT2D eigenvalue weighted by Gasteiger charge is 2.28. The summed E-state index contributed by atoms with van der Waals surface area (Å²) in [6.07, 6.45) is 1.82. The highest BCUT2D eigenvalue weighted by Crippen LogP contribution is 2.16. The lowest BCUT2D eigenvalue weighted by atomic mass is 9.92. The van der Waals surface area contributed by atoms with Gasteiger partial charge < -0.3 is 15.7 Å². The van der Waals surface area contributed by atoms with Crippen molar-refractivity contribution < 1.29 is 14.7 Å². The van der Waals surface area contributed by atoms with Crippen molar-refractivity contribution >= 4 is 11.9 Å². The molecule has 21 heavy (non-hydrogen) atoms. The molecule has 1 aliphatic rings. The zero-order chi connectivity index (χ0) is 15.2. The van der Waals surface area contributed by atoms with Crippen molar-refractivity contribution in [3.63, 3.8) is 0 Å². The van der Waals surface area contributed by atoms with E-state index in [-0.39, 0.29) is 11.8 Å². The maximum atomic E-state index is 12.2. The second-order valence-corrected chi connectivity index (χ2v) is 5.67. The number of carboxylic acid groups (broad SMARTS) is 1. The number of carboxylic acids is 1. The SMILES string of the molecule is CC1CC(C(=O)NC(Cc2ccccc2)C(=O)O)CCN1. The largest absolute Gasteiger partial charge is 0.480 e. The number of hydrogen-bond acceptors (Lipinski definition) is 3. The summed E-state index contributed by atoms with van der Waals surface area (Å²) < 4.78 is 0. The first-order valence-electron chi connectivity index (χ1n) is 7.36. The lowest BCUT2D eigenvalue weighted by molar-refractivity contribution is -0.142. The van der Waals surface area contributed by atoms with Crippen LogP contribution in [0.5, 0.6) is 0 Å². The minimum absolute atomic E-state index is 0.0983. The minimum atomic E-state index is -0.991. The van der Waals surface area contributed by atoms with Gasteiger partial charge in [0.15, 0.2) is 0 Å². The number of carbonyl (C=O) groups is 2. The molecule has 0 saturated carbocycles. The number of benzene rings is 1. The average molecular weight is 290 g/mol. The molecule has 1 amide bonds. The molecule has 1 heterocycles. The van der Waals surface area contributed by atoms with Crippen LogP contribution in [0, 0.1) is 5.92 Å². The van der Waals surface area contributed by atoms with Crippen LogP contribution in [0.4, 0.5) is 0 Å². The number of rotatable bonds is 5. The Morgan fingerprint density at radius 3 is 2.71 bits per heavy atom. The smallest absolute Gasteiger partial charge is 0.326 e. The third-order valence-corrected chi connectivity index (χ3v) is 3.89. The van der Waals surface area contributed by atoms with Crippen LogP contribution < -0.4 is 10.6 Å². The third-order valence-electron chi connectivity index (χ3n) is 3.89. The molecule has 3 N–H and O–H groups in total. The van der Waals surface area contributed by atoms with Gasteiger partial charge in [0.05, 0.1) is 0 Å². The van der Waals surface area contributed by atoms with Gasteiger partial charge in [-0.15, -0.1) is 0 Å². The molecule has 3 atom stereocenters. The van der Waals surface area contributed by atoms with E-state index < -0.39 is 12.0 Å². The van der Waals surface area contributed by atoms with E-state index in [2.05, 4.69) is 10.6 Å². The molecule has 1 aromatic rings. The Kier molecular flexibility index (Phi) is 5.33. The summed E-state index contributed by atoms with van der Waals surface area (Å²) >= 11 is 0. The quantitative estimate of drug-likeness (QED) is 0.761. The molecular weight excluding hydrogens is 268 g/mol. The van der Waals surface area contributed by atoms with Crippen LogP contribution in [-0.4, -0.2) is 35.6 Å². The summed E-state index contributed by atoms with van der Waals surface area (Å²) in [6.45, 7) is 2.84. The fraction of sp³-hybridized carbons (Fsp3) is 0.500. The molecule has 1 fully saturated rings. The molecule has 1 aromatic carbocycles. The van der Waals surface area contributed by atoms with E-state index in [1.54, 1.807) is 0 Å². The number of nitrogens with one attached hydrogen (secondary N) is 2. The van der Waals surface area contributed by atoms with Crippen molar-refractivity contribution in [2.75, 3.05) is 6.54 Å². The predicted molar refractivity (Wildman–Crippen MR) is 79.9 cm³/mol. The van der Waals surface area contributed by atoms with Gasteiger partial charge in [0.1, 0.15) is 6.04 Å². The summed E-state index contributed by atoms with van der Waals surface area (Å²) in [4.78, 5) is 23.6. The van der Waals surface area contributed by atoms with Crippen LogP contribution >= 0.6 is 0 Å². The number of amides is 1. The highest BCUT2D eigenvalue weighted by atomic mass is 16.4. The van der Waals surface area contributed by atoms with E-state index in [9.17, 15) is 14.7 Å². The molecule has 1 aliphatic heterocycles. The maximum Gasteiger partial charge on any atom is 0.326 e. The maximum absolute atomic E-state index is 12.2. The minimum Gasteiger partial charge on any atom is -0.480 e. The standard InChI is InChI=1S/C16H22N2O3/c1-11-9-13(7-8-17-11)15(19)18-14(16(20)21)10-12-5-3-2-4-6-12/h2-6,11,13-14,17H,7-10H2,1H3,(H,18,19)(H,20,21). The lowest BCUT2D eigenvalue weighted by Crippen LogP contribution is -2.48. The zero-order valence-electron chi connectivity index (χ0n) is 12.2. The van der Waals surface area contributed by atoms with Gasteiger partial charge >= 0.3 is 5.97 Å². The monoisotopic (exact) mass is 290 g/mol. The normalized spacial score (nSPS) is 23.3. The van der Waals surface area contributed by atoms with E-state index in [1.165, 1.54) is 0 Å². The molecule has 5 nitrogen and oxygen atoms in total. The number of piperidine rings is 1. The molecule has 114 valence electrons. The number of aliphatic carboxylic acids is 1. The molecule has 5 heteroatoms. The van der Waals surface area contributed by atoms with Crippen molar-refractivity contribution in [1.29, 1.82) is 0 Å². The van der Waals surface area contributed by atoms with E-state index >= 15 is 0 Å². The van der Waals surface area contributed by atoms with E-state index in [0.717, 1.165) is 24.9 Å². The Morgan fingerprint density at radius 1 is 1.38 bits per heavy atom. The van der Waals surface area contributed by atoms with Crippen molar-refractivity contribution in [3.8, 4) is 0 Å². The first-order valence-corrected chi connectivity index (χ1v) is 7.36. The molecule has 0 radical (unpaired) electrons. The van der Waals surface area contributed by atoms with Gasteiger partial charge in [-0.3, -0.25) is 4.79 Å². The summed E-state index contributed by atoms with van der Waals surface area (Å²) in [5.41, 5.74) is 0.906. The second kappa shape index (κ2) is 7.22. The van der Waals surface area contributed by atoms with Gasteiger partial charge in [-0.1, -0.05) is 30.3 Å². The molecule has 0 bridgehead atoms. The average Bonchev–Trinajstić information content (AvgIpc) is 2.47. The summed E-state index contributed by atoms with van der Waals surface area (Å²) in [6, 6.07) is 8.78. The van der Waals surface area contributed by atoms with Crippen LogP contribution in [0.15, 0.2) is 30.3 Å². The van der Waals surface area contributed by atoms with Crippen LogP contribution in [0.3, 0.4) is 0 Å². The van der Waals surface area contributed by atoms with Gasteiger partial charge in [-0.25, -0.2) is 4.79 Å². The fourth-order valence-corrected chi connectivity index (χ4v) is 2.71. The Bertz CT molecular complexity index is 490. The first-order chi connectivity index (χ1) is 10.1. The molecular formula is C16H22N2O3. The lowest BCUT2D eigenvalue weighted by Gasteiger charge is -2.28.